The Morgan fingerprint density at radius 3 is 2.19 bits per heavy atom. The Bertz CT molecular complexity index is 353. The average molecular weight is 220 g/mol. The van der Waals surface area contributed by atoms with Crippen molar-refractivity contribution in [3.63, 3.8) is 0 Å². The SMILES string of the molecule is CC.COC(=O)C(=O)/C=C/c1ccccc1. The van der Waals surface area contributed by atoms with Crippen molar-refractivity contribution in [1.82, 2.24) is 0 Å². The highest BCUT2D eigenvalue weighted by Crippen LogP contribution is 2.00. The van der Waals surface area contributed by atoms with Crippen LogP contribution in [0, 0.1) is 0 Å². The van der Waals surface area contributed by atoms with Crippen LogP contribution in [0.4, 0.5) is 0 Å². The maximum absolute atomic E-state index is 11.0. The van der Waals surface area contributed by atoms with Gasteiger partial charge in [-0.1, -0.05) is 50.3 Å². The minimum Gasteiger partial charge on any atom is -0.463 e. The number of hydrogen-bond donors (Lipinski definition) is 0. The quantitative estimate of drug-likeness (QED) is 0.446. The molecular weight excluding hydrogens is 204 g/mol. The van der Waals surface area contributed by atoms with E-state index in [9.17, 15) is 9.59 Å². The summed E-state index contributed by atoms with van der Waals surface area (Å²) in [5.41, 5.74) is 0.866. The van der Waals surface area contributed by atoms with Gasteiger partial charge in [-0.25, -0.2) is 4.79 Å². The van der Waals surface area contributed by atoms with Gasteiger partial charge in [0.25, 0.3) is 5.78 Å². The first kappa shape index (κ1) is 14.1. The van der Waals surface area contributed by atoms with Gasteiger partial charge in [-0.15, -0.1) is 0 Å². The Labute approximate surface area is 95.7 Å². The van der Waals surface area contributed by atoms with Gasteiger partial charge in [0, 0.05) is 0 Å². The normalized spacial score (nSPS) is 9.19. The fourth-order valence-corrected chi connectivity index (χ4v) is 0.905. The van der Waals surface area contributed by atoms with Crippen LogP contribution in [0.1, 0.15) is 19.4 Å². The third kappa shape index (κ3) is 5.10. The molecule has 0 bridgehead atoms. The second kappa shape index (κ2) is 8.41. The van der Waals surface area contributed by atoms with Crippen LogP contribution in [0.5, 0.6) is 0 Å². The van der Waals surface area contributed by atoms with Crippen molar-refractivity contribution in [2.45, 2.75) is 13.8 Å². The van der Waals surface area contributed by atoms with Crippen LogP contribution >= 0.6 is 0 Å². The molecule has 0 unspecified atom stereocenters. The monoisotopic (exact) mass is 220 g/mol. The summed E-state index contributed by atoms with van der Waals surface area (Å²) >= 11 is 0. The van der Waals surface area contributed by atoms with Gasteiger partial charge < -0.3 is 4.74 Å². The largest absolute Gasteiger partial charge is 0.463 e. The van der Waals surface area contributed by atoms with Crippen LogP contribution < -0.4 is 0 Å². The van der Waals surface area contributed by atoms with Gasteiger partial charge in [-0.3, -0.25) is 4.79 Å². The number of carbonyl (C=O) groups is 2. The van der Waals surface area contributed by atoms with Crippen LogP contribution in [0.3, 0.4) is 0 Å². The summed E-state index contributed by atoms with van der Waals surface area (Å²) in [4.78, 5) is 21.7. The maximum atomic E-state index is 11.0. The van der Waals surface area contributed by atoms with Crippen molar-refractivity contribution in [1.29, 1.82) is 0 Å². The van der Waals surface area contributed by atoms with E-state index in [0.717, 1.165) is 5.56 Å². The molecule has 16 heavy (non-hydrogen) atoms. The Balaban J connectivity index is 0.00000106. The van der Waals surface area contributed by atoms with E-state index in [4.69, 9.17) is 0 Å². The molecular formula is C13H16O3. The molecule has 0 aliphatic rings. The summed E-state index contributed by atoms with van der Waals surface area (Å²) in [5, 5.41) is 0. The van der Waals surface area contributed by atoms with Crippen LogP contribution in [0.15, 0.2) is 36.4 Å². The predicted octanol–water partition coefficient (Wildman–Crippen LogP) is 2.47. The van der Waals surface area contributed by atoms with E-state index in [1.165, 1.54) is 13.2 Å². The fraction of sp³-hybridized carbons (Fsp3) is 0.231. The van der Waals surface area contributed by atoms with Crippen molar-refractivity contribution in [2.75, 3.05) is 7.11 Å². The van der Waals surface area contributed by atoms with Gasteiger partial charge in [-0.05, 0) is 11.6 Å². The lowest BCUT2D eigenvalue weighted by molar-refractivity contribution is -0.149. The van der Waals surface area contributed by atoms with E-state index in [1.54, 1.807) is 6.08 Å². The summed E-state index contributed by atoms with van der Waals surface area (Å²) < 4.78 is 4.26. The van der Waals surface area contributed by atoms with E-state index in [-0.39, 0.29) is 0 Å². The molecule has 1 rings (SSSR count). The highest BCUT2D eigenvalue weighted by Gasteiger charge is 2.08. The Morgan fingerprint density at radius 2 is 1.69 bits per heavy atom. The molecule has 1 aromatic carbocycles. The van der Waals surface area contributed by atoms with Crippen molar-refractivity contribution in [2.24, 2.45) is 0 Å². The van der Waals surface area contributed by atoms with Crippen molar-refractivity contribution < 1.29 is 14.3 Å². The van der Waals surface area contributed by atoms with Crippen LogP contribution in [-0.4, -0.2) is 18.9 Å². The molecule has 0 aliphatic carbocycles. The first-order valence-electron chi connectivity index (χ1n) is 5.09. The van der Waals surface area contributed by atoms with Gasteiger partial charge in [0.15, 0.2) is 0 Å². The zero-order valence-electron chi connectivity index (χ0n) is 9.77. The minimum atomic E-state index is -0.850. The third-order valence-electron chi connectivity index (χ3n) is 1.61. The van der Waals surface area contributed by atoms with E-state index in [1.807, 2.05) is 44.2 Å². The first-order valence-corrected chi connectivity index (χ1v) is 5.09. The number of esters is 1. The molecule has 0 fully saturated rings. The molecule has 86 valence electrons. The number of carbonyl (C=O) groups excluding carboxylic acids is 2. The lowest BCUT2D eigenvalue weighted by Crippen LogP contribution is -2.11. The summed E-state index contributed by atoms with van der Waals surface area (Å²) in [6.07, 6.45) is 2.76. The summed E-state index contributed by atoms with van der Waals surface area (Å²) in [6, 6.07) is 9.24. The topological polar surface area (TPSA) is 43.4 Å². The Hall–Kier alpha value is -1.90. The predicted molar refractivity (Wildman–Crippen MR) is 63.8 cm³/mol. The highest BCUT2D eigenvalue weighted by atomic mass is 16.5. The van der Waals surface area contributed by atoms with E-state index >= 15 is 0 Å². The van der Waals surface area contributed by atoms with Gasteiger partial charge in [0.2, 0.25) is 0 Å². The number of methoxy groups -OCH3 is 1. The van der Waals surface area contributed by atoms with Gasteiger partial charge in [-0.2, -0.15) is 0 Å². The van der Waals surface area contributed by atoms with Crippen LogP contribution in [0.2, 0.25) is 0 Å². The molecule has 0 radical (unpaired) electrons. The van der Waals surface area contributed by atoms with Crippen molar-refractivity contribution in [3.05, 3.63) is 42.0 Å². The summed E-state index contributed by atoms with van der Waals surface area (Å²) in [7, 11) is 1.18. The molecule has 0 aromatic heterocycles. The maximum Gasteiger partial charge on any atom is 0.378 e. The molecule has 0 amide bonds. The number of ether oxygens (including phenoxy) is 1. The lowest BCUT2D eigenvalue weighted by Gasteiger charge is -1.92. The van der Waals surface area contributed by atoms with E-state index < -0.39 is 11.8 Å². The number of rotatable bonds is 3. The summed E-state index contributed by atoms with van der Waals surface area (Å²) in [6.45, 7) is 4.00. The number of ketones is 1. The standard InChI is InChI=1S/C11H10O3.C2H6/c1-14-11(13)10(12)8-7-9-5-3-2-4-6-9;1-2/h2-8H,1H3;1-2H3/b8-7+;. The molecule has 3 nitrogen and oxygen atoms in total. The molecule has 1 aromatic rings. The summed E-state index contributed by atoms with van der Waals surface area (Å²) in [5.74, 6) is -1.51. The first-order chi connectivity index (χ1) is 7.74. The Kier molecular flexibility index (Phi) is 7.41. The lowest BCUT2D eigenvalue weighted by atomic mass is 10.2. The average Bonchev–Trinajstić information content (AvgIpc) is 2.38. The number of benzene rings is 1. The van der Waals surface area contributed by atoms with E-state index in [2.05, 4.69) is 4.74 Å². The highest BCUT2D eigenvalue weighted by molar-refractivity contribution is 6.39. The van der Waals surface area contributed by atoms with Crippen molar-refractivity contribution >= 4 is 17.8 Å². The smallest absolute Gasteiger partial charge is 0.378 e. The Morgan fingerprint density at radius 1 is 1.12 bits per heavy atom. The van der Waals surface area contributed by atoms with Gasteiger partial charge in [0.05, 0.1) is 7.11 Å². The second-order valence-electron chi connectivity index (χ2n) is 2.60. The van der Waals surface area contributed by atoms with Crippen LogP contribution in [0.25, 0.3) is 6.08 Å². The fourth-order valence-electron chi connectivity index (χ4n) is 0.905. The third-order valence-corrected chi connectivity index (χ3v) is 1.61. The molecule has 0 saturated carbocycles. The molecule has 3 heteroatoms. The molecule has 0 aliphatic heterocycles. The molecule has 0 atom stereocenters. The van der Waals surface area contributed by atoms with Crippen molar-refractivity contribution in [3.8, 4) is 0 Å². The zero-order chi connectivity index (χ0) is 12.4. The molecule has 0 N–H and O–H groups in total. The number of hydrogen-bond acceptors (Lipinski definition) is 3. The van der Waals surface area contributed by atoms with Gasteiger partial charge >= 0.3 is 5.97 Å². The second-order valence-corrected chi connectivity index (χ2v) is 2.60. The molecule has 0 saturated heterocycles. The minimum absolute atomic E-state index is 0.656. The van der Waals surface area contributed by atoms with Gasteiger partial charge in [0.1, 0.15) is 0 Å². The zero-order valence-corrected chi connectivity index (χ0v) is 9.77. The van der Waals surface area contributed by atoms with Crippen LogP contribution in [-0.2, 0) is 14.3 Å². The molecule has 0 spiro atoms. The molecule has 0 heterocycles. The van der Waals surface area contributed by atoms with E-state index in [0.29, 0.717) is 0 Å².